The predicted molar refractivity (Wildman–Crippen MR) is 115 cm³/mol. The van der Waals surface area contributed by atoms with E-state index in [0.29, 0.717) is 6.42 Å². The van der Waals surface area contributed by atoms with Crippen molar-refractivity contribution < 1.29 is 9.21 Å². The molecule has 4 aromatic rings. The molecule has 0 unspecified atom stereocenters. The fourth-order valence-corrected chi connectivity index (χ4v) is 4.02. The number of thioether (sulfide) groups is 1. The second kappa shape index (κ2) is 8.92. The van der Waals surface area contributed by atoms with Crippen LogP contribution in [0.3, 0.4) is 0 Å². The number of para-hydroxylation sites is 1. The van der Waals surface area contributed by atoms with E-state index in [1.807, 2.05) is 78.2 Å². The van der Waals surface area contributed by atoms with Gasteiger partial charge in [-0.3, -0.25) is 9.36 Å². The topological polar surface area (TPSA) is 60.9 Å². The lowest BCUT2D eigenvalue weighted by Gasteiger charge is -2.09. The van der Waals surface area contributed by atoms with Crippen molar-refractivity contribution in [3.8, 4) is 17.1 Å². The molecule has 0 saturated carbocycles. The van der Waals surface area contributed by atoms with Crippen LogP contribution in [0.2, 0.25) is 0 Å². The van der Waals surface area contributed by atoms with Gasteiger partial charge in [0.15, 0.2) is 16.8 Å². The monoisotopic (exact) mass is 403 g/mol. The molecule has 146 valence electrons. The summed E-state index contributed by atoms with van der Waals surface area (Å²) in [6, 6.07) is 21.4. The molecule has 2 aromatic heterocycles. The lowest BCUT2D eigenvalue weighted by Crippen LogP contribution is -2.01. The maximum atomic E-state index is 12.3. The molecule has 0 amide bonds. The van der Waals surface area contributed by atoms with Crippen molar-refractivity contribution in [1.29, 1.82) is 0 Å². The van der Waals surface area contributed by atoms with Crippen molar-refractivity contribution in [2.24, 2.45) is 0 Å². The van der Waals surface area contributed by atoms with Crippen LogP contribution in [0.25, 0.3) is 17.1 Å². The van der Waals surface area contributed by atoms with Crippen LogP contribution in [0, 0.1) is 6.92 Å². The number of hydrogen-bond acceptors (Lipinski definition) is 5. The van der Waals surface area contributed by atoms with Gasteiger partial charge >= 0.3 is 0 Å². The molecule has 4 rings (SSSR count). The minimum Gasteiger partial charge on any atom is -0.469 e. The number of furan rings is 1. The van der Waals surface area contributed by atoms with Gasteiger partial charge in [0.05, 0.1) is 11.8 Å². The smallest absolute Gasteiger partial charge is 0.196 e. The SMILES string of the molecule is Cc1occc1-c1nnc(SCCCC(=O)c2ccccc2)n1-c1ccccc1. The molecule has 0 aliphatic carbocycles. The van der Waals surface area contributed by atoms with Crippen LogP contribution in [0.15, 0.2) is 82.6 Å². The van der Waals surface area contributed by atoms with Crippen LogP contribution >= 0.6 is 11.8 Å². The summed E-state index contributed by atoms with van der Waals surface area (Å²) in [6.07, 6.45) is 2.96. The van der Waals surface area contributed by atoms with Gasteiger partial charge in [-0.2, -0.15) is 0 Å². The minimum atomic E-state index is 0.172. The number of hydrogen-bond donors (Lipinski definition) is 0. The summed E-state index contributed by atoms with van der Waals surface area (Å²) >= 11 is 1.61. The Hall–Kier alpha value is -3.12. The molecule has 2 heterocycles. The normalized spacial score (nSPS) is 10.9. The third kappa shape index (κ3) is 4.32. The standard InChI is InChI=1S/C23H21N3O2S/c1-17-20(14-15-28-17)22-24-25-23(26(22)19-11-6-3-7-12-19)29-16-8-13-21(27)18-9-4-2-5-10-18/h2-7,9-12,14-15H,8,13,16H2,1H3. The van der Waals surface area contributed by atoms with Crippen molar-refractivity contribution in [2.45, 2.75) is 24.9 Å². The van der Waals surface area contributed by atoms with Gasteiger partial charge in [0, 0.05) is 23.4 Å². The van der Waals surface area contributed by atoms with E-state index >= 15 is 0 Å². The molecule has 0 bridgehead atoms. The molecule has 29 heavy (non-hydrogen) atoms. The highest BCUT2D eigenvalue weighted by molar-refractivity contribution is 7.99. The number of rotatable bonds is 8. The van der Waals surface area contributed by atoms with Gasteiger partial charge in [-0.15, -0.1) is 10.2 Å². The maximum absolute atomic E-state index is 12.3. The third-order valence-corrected chi connectivity index (χ3v) is 5.64. The number of aryl methyl sites for hydroxylation is 1. The Bertz CT molecular complexity index is 1090. The van der Waals surface area contributed by atoms with Crippen molar-refractivity contribution >= 4 is 17.5 Å². The second-order valence-corrected chi connectivity index (χ2v) is 7.67. The highest BCUT2D eigenvalue weighted by Gasteiger charge is 2.18. The molecule has 5 nitrogen and oxygen atoms in total. The first-order valence-electron chi connectivity index (χ1n) is 9.50. The summed E-state index contributed by atoms with van der Waals surface area (Å²) < 4.78 is 7.50. The first-order valence-corrected chi connectivity index (χ1v) is 10.5. The van der Waals surface area contributed by atoms with Gasteiger partial charge in [-0.1, -0.05) is 60.3 Å². The summed E-state index contributed by atoms with van der Waals surface area (Å²) in [6.45, 7) is 1.92. The molecule has 0 spiro atoms. The van der Waals surface area contributed by atoms with E-state index in [2.05, 4.69) is 10.2 Å². The van der Waals surface area contributed by atoms with E-state index in [1.54, 1.807) is 18.0 Å². The van der Waals surface area contributed by atoms with Crippen molar-refractivity contribution in [3.05, 3.63) is 84.3 Å². The zero-order valence-corrected chi connectivity index (χ0v) is 16.9. The van der Waals surface area contributed by atoms with Crippen LogP contribution < -0.4 is 0 Å². The van der Waals surface area contributed by atoms with E-state index in [4.69, 9.17) is 4.42 Å². The average Bonchev–Trinajstić information content (AvgIpc) is 3.38. The zero-order chi connectivity index (χ0) is 20.1. The molecular weight excluding hydrogens is 382 g/mol. The molecule has 2 aromatic carbocycles. The van der Waals surface area contributed by atoms with Crippen molar-refractivity contribution in [3.63, 3.8) is 0 Å². The first-order chi connectivity index (χ1) is 14.2. The number of aromatic nitrogens is 3. The fraction of sp³-hybridized carbons (Fsp3) is 0.174. The lowest BCUT2D eigenvalue weighted by atomic mass is 10.1. The van der Waals surface area contributed by atoms with Gasteiger partial charge in [0.25, 0.3) is 0 Å². The molecule has 0 radical (unpaired) electrons. The largest absolute Gasteiger partial charge is 0.469 e. The molecular formula is C23H21N3O2S. The molecule has 0 N–H and O–H groups in total. The van der Waals surface area contributed by atoms with E-state index in [-0.39, 0.29) is 5.78 Å². The van der Waals surface area contributed by atoms with Gasteiger partial charge in [0.1, 0.15) is 5.76 Å². The number of nitrogens with zero attached hydrogens (tertiary/aromatic N) is 3. The van der Waals surface area contributed by atoms with E-state index < -0.39 is 0 Å². The number of carbonyl (C=O) groups is 1. The number of ketones is 1. The van der Waals surface area contributed by atoms with E-state index in [0.717, 1.165) is 45.7 Å². The van der Waals surface area contributed by atoms with Crippen LogP contribution in [0.4, 0.5) is 0 Å². The summed E-state index contributed by atoms with van der Waals surface area (Å²) in [5.74, 6) is 2.52. The highest BCUT2D eigenvalue weighted by Crippen LogP contribution is 2.30. The highest BCUT2D eigenvalue weighted by atomic mass is 32.2. The number of carbonyl (C=O) groups excluding carboxylic acids is 1. The summed E-state index contributed by atoms with van der Waals surface area (Å²) in [4.78, 5) is 12.3. The molecule has 0 aliphatic heterocycles. The Labute approximate surface area is 173 Å². The predicted octanol–water partition coefficient (Wildman–Crippen LogP) is 5.59. The zero-order valence-electron chi connectivity index (χ0n) is 16.1. The van der Waals surface area contributed by atoms with Crippen molar-refractivity contribution in [1.82, 2.24) is 14.8 Å². The Balaban J connectivity index is 1.50. The number of benzene rings is 2. The Morgan fingerprint density at radius 3 is 2.41 bits per heavy atom. The van der Waals surface area contributed by atoms with Gasteiger partial charge < -0.3 is 4.42 Å². The Morgan fingerprint density at radius 1 is 1.00 bits per heavy atom. The lowest BCUT2D eigenvalue weighted by molar-refractivity contribution is 0.0982. The molecule has 0 aliphatic rings. The Morgan fingerprint density at radius 2 is 1.72 bits per heavy atom. The summed E-state index contributed by atoms with van der Waals surface area (Å²) in [5, 5.41) is 9.64. The van der Waals surface area contributed by atoms with Gasteiger partial charge in [0.2, 0.25) is 0 Å². The minimum absolute atomic E-state index is 0.172. The average molecular weight is 404 g/mol. The van der Waals surface area contributed by atoms with Gasteiger partial charge in [-0.25, -0.2) is 0 Å². The van der Waals surface area contributed by atoms with Crippen LogP contribution in [0.5, 0.6) is 0 Å². The fourth-order valence-electron chi connectivity index (χ4n) is 3.13. The third-order valence-electron chi connectivity index (χ3n) is 4.62. The number of Topliss-reactive ketones (excluding diaryl/α,β-unsaturated/α-hetero) is 1. The molecule has 6 heteroatoms. The van der Waals surface area contributed by atoms with Crippen LogP contribution in [0.1, 0.15) is 29.0 Å². The summed E-state index contributed by atoms with van der Waals surface area (Å²) in [5.41, 5.74) is 2.69. The molecule has 0 fully saturated rings. The van der Waals surface area contributed by atoms with Crippen LogP contribution in [-0.2, 0) is 0 Å². The van der Waals surface area contributed by atoms with E-state index in [1.165, 1.54) is 0 Å². The Kier molecular flexibility index (Phi) is 5.91. The first kappa shape index (κ1) is 19.2. The molecule has 0 atom stereocenters. The van der Waals surface area contributed by atoms with E-state index in [9.17, 15) is 4.79 Å². The van der Waals surface area contributed by atoms with Crippen LogP contribution in [-0.4, -0.2) is 26.3 Å². The maximum Gasteiger partial charge on any atom is 0.196 e. The van der Waals surface area contributed by atoms with Gasteiger partial charge in [-0.05, 0) is 31.5 Å². The second-order valence-electron chi connectivity index (χ2n) is 6.61. The molecule has 0 saturated heterocycles. The van der Waals surface area contributed by atoms with Crippen molar-refractivity contribution in [2.75, 3.05) is 5.75 Å². The quantitative estimate of drug-likeness (QED) is 0.218. The summed E-state index contributed by atoms with van der Waals surface area (Å²) in [7, 11) is 0.